The van der Waals surface area contributed by atoms with Gasteiger partial charge in [0, 0.05) is 0 Å². The first-order chi connectivity index (χ1) is 11.4. The maximum absolute atomic E-state index is 5.82. The molecule has 0 bridgehead atoms. The van der Waals surface area contributed by atoms with E-state index in [2.05, 4.69) is 46.4 Å². The van der Waals surface area contributed by atoms with Gasteiger partial charge in [0.1, 0.15) is 12.4 Å². The van der Waals surface area contributed by atoms with E-state index < -0.39 is 0 Å². The number of hydrogen-bond acceptors (Lipinski definition) is 2. The van der Waals surface area contributed by atoms with Gasteiger partial charge in [-0.05, 0) is 41.0 Å². The molecule has 4 aromatic rings. The fourth-order valence-corrected chi connectivity index (χ4v) is 2.60. The third-order valence-corrected chi connectivity index (χ3v) is 3.86. The van der Waals surface area contributed by atoms with Crippen LogP contribution in [0.2, 0.25) is 0 Å². The molecule has 4 rings (SSSR count). The number of benzene rings is 3. The molecule has 1 heterocycles. The van der Waals surface area contributed by atoms with Gasteiger partial charge in [0.05, 0.1) is 17.4 Å². The smallest absolute Gasteiger partial charge is 0.119 e. The predicted molar refractivity (Wildman–Crippen MR) is 92.3 cm³/mol. The SMILES string of the molecule is c1ccc(COc2ccc(-c3ccc4nc[nH]c4c3)cc2)cc1. The molecule has 0 radical (unpaired) electrons. The number of fused-ring (bicyclic) bond motifs is 1. The Morgan fingerprint density at radius 1 is 0.826 bits per heavy atom. The number of H-pyrrole nitrogens is 1. The molecule has 3 heteroatoms. The highest BCUT2D eigenvalue weighted by molar-refractivity contribution is 5.81. The number of nitrogens with one attached hydrogen (secondary N) is 1. The summed E-state index contributed by atoms with van der Waals surface area (Å²) >= 11 is 0. The third kappa shape index (κ3) is 2.94. The molecule has 0 aliphatic carbocycles. The molecular weight excluding hydrogens is 284 g/mol. The summed E-state index contributed by atoms with van der Waals surface area (Å²) < 4.78 is 5.82. The highest BCUT2D eigenvalue weighted by atomic mass is 16.5. The van der Waals surface area contributed by atoms with E-state index >= 15 is 0 Å². The van der Waals surface area contributed by atoms with Crippen molar-refractivity contribution < 1.29 is 4.74 Å². The Morgan fingerprint density at radius 3 is 2.43 bits per heavy atom. The first-order valence-corrected chi connectivity index (χ1v) is 7.59. The number of aromatic nitrogens is 2. The maximum atomic E-state index is 5.82. The average molecular weight is 300 g/mol. The Bertz CT molecular complexity index is 911. The van der Waals surface area contributed by atoms with E-state index in [0.29, 0.717) is 6.61 Å². The Morgan fingerprint density at radius 2 is 1.61 bits per heavy atom. The fourth-order valence-electron chi connectivity index (χ4n) is 2.60. The number of ether oxygens (including phenoxy) is 1. The summed E-state index contributed by atoms with van der Waals surface area (Å²) in [7, 11) is 0. The van der Waals surface area contributed by atoms with Crippen molar-refractivity contribution in [1.29, 1.82) is 0 Å². The van der Waals surface area contributed by atoms with Crippen LogP contribution < -0.4 is 4.74 Å². The third-order valence-electron chi connectivity index (χ3n) is 3.86. The van der Waals surface area contributed by atoms with Crippen molar-refractivity contribution in [1.82, 2.24) is 9.97 Å². The average Bonchev–Trinajstić information content (AvgIpc) is 3.09. The summed E-state index contributed by atoms with van der Waals surface area (Å²) in [5.41, 5.74) is 5.52. The largest absolute Gasteiger partial charge is 0.489 e. The van der Waals surface area contributed by atoms with Crippen molar-refractivity contribution in [2.75, 3.05) is 0 Å². The lowest BCUT2D eigenvalue weighted by Crippen LogP contribution is -1.94. The van der Waals surface area contributed by atoms with Crippen LogP contribution in [0.5, 0.6) is 5.75 Å². The Labute approximate surface area is 134 Å². The van der Waals surface area contributed by atoms with Crippen LogP contribution in [0.15, 0.2) is 79.1 Å². The Hall–Kier alpha value is -3.07. The first-order valence-electron chi connectivity index (χ1n) is 7.59. The van der Waals surface area contributed by atoms with Crippen molar-refractivity contribution >= 4 is 11.0 Å². The summed E-state index contributed by atoms with van der Waals surface area (Å²) in [5, 5.41) is 0. The van der Waals surface area contributed by atoms with E-state index in [-0.39, 0.29) is 0 Å². The van der Waals surface area contributed by atoms with Gasteiger partial charge < -0.3 is 9.72 Å². The lowest BCUT2D eigenvalue weighted by atomic mass is 10.1. The highest BCUT2D eigenvalue weighted by Gasteiger charge is 2.02. The number of rotatable bonds is 4. The standard InChI is InChI=1S/C20H16N2O/c1-2-4-15(5-3-1)13-23-18-9-6-16(7-10-18)17-8-11-19-20(12-17)22-14-21-19/h1-12,14H,13H2,(H,21,22). The van der Waals surface area contributed by atoms with E-state index in [4.69, 9.17) is 4.74 Å². The van der Waals surface area contributed by atoms with Crippen molar-refractivity contribution in [3.63, 3.8) is 0 Å². The molecule has 0 fully saturated rings. The van der Waals surface area contributed by atoms with E-state index in [9.17, 15) is 0 Å². The number of imidazole rings is 1. The molecule has 3 nitrogen and oxygen atoms in total. The molecule has 1 N–H and O–H groups in total. The topological polar surface area (TPSA) is 37.9 Å². The molecule has 0 aliphatic heterocycles. The predicted octanol–water partition coefficient (Wildman–Crippen LogP) is 4.81. The normalized spacial score (nSPS) is 10.8. The van der Waals surface area contributed by atoms with Gasteiger partial charge in [-0.2, -0.15) is 0 Å². The van der Waals surface area contributed by atoms with Crippen LogP contribution in [0.4, 0.5) is 0 Å². The van der Waals surface area contributed by atoms with Crippen LogP contribution in [-0.4, -0.2) is 9.97 Å². The zero-order valence-electron chi connectivity index (χ0n) is 12.6. The molecule has 23 heavy (non-hydrogen) atoms. The lowest BCUT2D eigenvalue weighted by Gasteiger charge is -2.07. The first kappa shape index (κ1) is 13.6. The van der Waals surface area contributed by atoms with Gasteiger partial charge in [0.2, 0.25) is 0 Å². The molecule has 112 valence electrons. The van der Waals surface area contributed by atoms with Crippen molar-refractivity contribution in [2.45, 2.75) is 6.61 Å². The minimum absolute atomic E-state index is 0.584. The zero-order valence-corrected chi connectivity index (χ0v) is 12.6. The molecule has 1 aromatic heterocycles. The minimum Gasteiger partial charge on any atom is -0.489 e. The van der Waals surface area contributed by atoms with Crippen LogP contribution in [0.25, 0.3) is 22.2 Å². The molecule has 0 aliphatic rings. The Balaban J connectivity index is 1.51. The number of aromatic amines is 1. The number of nitrogens with zero attached hydrogens (tertiary/aromatic N) is 1. The summed E-state index contributed by atoms with van der Waals surface area (Å²) in [6, 6.07) is 24.6. The Kier molecular flexibility index (Phi) is 3.53. The van der Waals surface area contributed by atoms with Gasteiger partial charge >= 0.3 is 0 Å². The second-order valence-electron chi connectivity index (χ2n) is 5.43. The highest BCUT2D eigenvalue weighted by Crippen LogP contribution is 2.25. The molecule has 0 unspecified atom stereocenters. The minimum atomic E-state index is 0.584. The van der Waals surface area contributed by atoms with Crippen molar-refractivity contribution in [2.24, 2.45) is 0 Å². The van der Waals surface area contributed by atoms with Gasteiger partial charge in [0.15, 0.2) is 0 Å². The van der Waals surface area contributed by atoms with Gasteiger partial charge in [-0.25, -0.2) is 4.98 Å². The van der Waals surface area contributed by atoms with Crippen LogP contribution in [-0.2, 0) is 6.61 Å². The van der Waals surface area contributed by atoms with Crippen LogP contribution in [0.1, 0.15) is 5.56 Å². The molecule has 3 aromatic carbocycles. The second-order valence-corrected chi connectivity index (χ2v) is 5.43. The van der Waals surface area contributed by atoms with Crippen LogP contribution in [0.3, 0.4) is 0 Å². The molecule has 0 spiro atoms. The number of hydrogen-bond donors (Lipinski definition) is 1. The van der Waals surface area contributed by atoms with Crippen LogP contribution >= 0.6 is 0 Å². The van der Waals surface area contributed by atoms with E-state index in [1.54, 1.807) is 6.33 Å². The van der Waals surface area contributed by atoms with Crippen molar-refractivity contribution in [3.05, 3.63) is 84.7 Å². The summed E-state index contributed by atoms with van der Waals surface area (Å²) in [6.45, 7) is 0.584. The molecule has 0 amide bonds. The van der Waals surface area contributed by atoms with Gasteiger partial charge in [-0.1, -0.05) is 48.5 Å². The fraction of sp³-hybridized carbons (Fsp3) is 0.0500. The summed E-state index contributed by atoms with van der Waals surface area (Å²) in [5.74, 6) is 0.875. The zero-order chi connectivity index (χ0) is 15.5. The molecule has 0 saturated carbocycles. The lowest BCUT2D eigenvalue weighted by molar-refractivity contribution is 0.306. The molecule has 0 atom stereocenters. The van der Waals surface area contributed by atoms with Crippen LogP contribution in [0, 0.1) is 0 Å². The second kappa shape index (κ2) is 5.97. The van der Waals surface area contributed by atoms with Crippen molar-refractivity contribution in [3.8, 4) is 16.9 Å². The van der Waals surface area contributed by atoms with Gasteiger partial charge in [-0.3, -0.25) is 0 Å². The summed E-state index contributed by atoms with van der Waals surface area (Å²) in [4.78, 5) is 7.39. The molecular formula is C20H16N2O. The quantitative estimate of drug-likeness (QED) is 0.587. The summed E-state index contributed by atoms with van der Waals surface area (Å²) in [6.07, 6.45) is 1.72. The molecule has 0 saturated heterocycles. The van der Waals surface area contributed by atoms with E-state index in [0.717, 1.165) is 27.9 Å². The van der Waals surface area contributed by atoms with E-state index in [1.807, 2.05) is 36.4 Å². The van der Waals surface area contributed by atoms with Gasteiger partial charge in [-0.15, -0.1) is 0 Å². The monoisotopic (exact) mass is 300 g/mol. The van der Waals surface area contributed by atoms with E-state index in [1.165, 1.54) is 5.56 Å². The van der Waals surface area contributed by atoms with Gasteiger partial charge in [0.25, 0.3) is 0 Å². The maximum Gasteiger partial charge on any atom is 0.119 e.